The van der Waals surface area contributed by atoms with Crippen LogP contribution in [0.5, 0.6) is 0 Å². The summed E-state index contributed by atoms with van der Waals surface area (Å²) in [4.78, 5) is 9.82. The lowest BCUT2D eigenvalue weighted by Crippen LogP contribution is -2.27. The number of benzene rings is 1. The lowest BCUT2D eigenvalue weighted by Gasteiger charge is -2.33. The highest BCUT2D eigenvalue weighted by molar-refractivity contribution is 6.10. The van der Waals surface area contributed by atoms with E-state index in [0.29, 0.717) is 19.1 Å². The van der Waals surface area contributed by atoms with Gasteiger partial charge in [-0.25, -0.2) is 9.67 Å². The molecule has 196 valence electrons. The van der Waals surface area contributed by atoms with Gasteiger partial charge in [-0.2, -0.15) is 0 Å². The van der Waals surface area contributed by atoms with E-state index in [0.717, 1.165) is 70.8 Å². The van der Waals surface area contributed by atoms with Gasteiger partial charge in [0, 0.05) is 57.3 Å². The number of pyridine rings is 2. The quantitative estimate of drug-likeness (QED) is 0.300. The van der Waals surface area contributed by atoms with E-state index in [1.165, 1.54) is 5.56 Å². The van der Waals surface area contributed by atoms with Gasteiger partial charge in [0.1, 0.15) is 0 Å². The van der Waals surface area contributed by atoms with Crippen molar-refractivity contribution in [3.8, 4) is 11.3 Å². The third-order valence-electron chi connectivity index (χ3n) is 7.55. The molecule has 5 heterocycles. The number of nitrogens with zero attached hydrogens (tertiary/aromatic N) is 6. The normalized spacial score (nSPS) is 15.3. The highest BCUT2D eigenvalue weighted by Crippen LogP contribution is 2.42. The van der Waals surface area contributed by atoms with Gasteiger partial charge in [-0.1, -0.05) is 35.5 Å². The van der Waals surface area contributed by atoms with Crippen LogP contribution in [0.25, 0.3) is 33.2 Å². The third kappa shape index (κ3) is 4.31. The van der Waals surface area contributed by atoms with Crippen LogP contribution >= 0.6 is 0 Å². The van der Waals surface area contributed by atoms with Crippen LogP contribution in [0.4, 0.5) is 5.82 Å². The molecule has 0 saturated carbocycles. The maximum Gasteiger partial charge on any atom is 0.150 e. The number of aryl methyl sites for hydroxylation is 2. The van der Waals surface area contributed by atoms with Crippen LogP contribution in [0, 0.1) is 12.8 Å². The number of nitrogens with one attached hydrogen (secondary N) is 1. The zero-order valence-electron chi connectivity index (χ0n) is 22.1. The van der Waals surface area contributed by atoms with Gasteiger partial charge in [-0.05, 0) is 43.4 Å². The molecule has 1 atom stereocenters. The zero-order chi connectivity index (χ0) is 26.1. The van der Waals surface area contributed by atoms with E-state index < -0.39 is 0 Å². The van der Waals surface area contributed by atoms with Gasteiger partial charge in [-0.15, -0.1) is 5.10 Å². The number of hydrogen-bond acceptors (Lipinski definition) is 7. The Morgan fingerprint density at radius 3 is 2.68 bits per heavy atom. The number of rotatable bonds is 8. The molecule has 6 rings (SSSR count). The van der Waals surface area contributed by atoms with Crippen LogP contribution in [0.3, 0.4) is 0 Å². The van der Waals surface area contributed by atoms with Crippen molar-refractivity contribution in [2.75, 3.05) is 38.8 Å². The van der Waals surface area contributed by atoms with Gasteiger partial charge < -0.3 is 19.4 Å². The standard InChI is InChI=1S/C29H33N7O2/c1-19-26(35(2)34-33-19)22-17-24-25(32-18-22)23-9-12-30-29(31-13-16-37-3)28(23)36(24)27(20-7-5-4-6-8-20)21-10-14-38-15-11-21/h4-9,12,17-18,21,27H,10-11,13-16H2,1-3H3,(H,30,31)/t27-/m1/s1. The molecule has 0 radical (unpaired) electrons. The molecule has 0 amide bonds. The summed E-state index contributed by atoms with van der Waals surface area (Å²) >= 11 is 0. The Hall–Kier alpha value is -3.82. The Balaban J connectivity index is 1.66. The van der Waals surface area contributed by atoms with Crippen LogP contribution in [-0.2, 0) is 16.5 Å². The molecule has 1 fully saturated rings. The molecule has 1 aliphatic heterocycles. The molecule has 9 nitrogen and oxygen atoms in total. The molecule has 5 aromatic rings. The Morgan fingerprint density at radius 1 is 1.13 bits per heavy atom. The molecule has 1 saturated heterocycles. The predicted molar refractivity (Wildman–Crippen MR) is 148 cm³/mol. The second-order valence-corrected chi connectivity index (χ2v) is 9.89. The highest BCUT2D eigenvalue weighted by atomic mass is 16.5. The zero-order valence-corrected chi connectivity index (χ0v) is 22.1. The van der Waals surface area contributed by atoms with Gasteiger partial charge in [0.15, 0.2) is 5.82 Å². The molecular weight excluding hydrogens is 478 g/mol. The summed E-state index contributed by atoms with van der Waals surface area (Å²) in [6.45, 7) is 4.78. The van der Waals surface area contributed by atoms with Gasteiger partial charge >= 0.3 is 0 Å². The molecule has 1 aromatic carbocycles. The Bertz CT molecular complexity index is 1530. The largest absolute Gasteiger partial charge is 0.383 e. The second kappa shape index (κ2) is 10.5. The SMILES string of the molecule is COCCNc1nccc2c3ncc(-c4c(C)nnn4C)cc3n([C@H](c3ccccc3)C3CCOCC3)c12. The fourth-order valence-corrected chi connectivity index (χ4v) is 5.84. The molecular formula is C29H33N7O2. The molecule has 1 aliphatic rings. The van der Waals surface area contributed by atoms with Crippen molar-refractivity contribution in [1.29, 1.82) is 0 Å². The van der Waals surface area contributed by atoms with Crippen molar-refractivity contribution in [2.45, 2.75) is 25.8 Å². The Labute approximate surface area is 221 Å². The lowest BCUT2D eigenvalue weighted by atomic mass is 9.86. The summed E-state index contributed by atoms with van der Waals surface area (Å²) < 4.78 is 15.4. The number of ether oxygens (including phenoxy) is 2. The highest BCUT2D eigenvalue weighted by Gasteiger charge is 2.31. The maximum absolute atomic E-state index is 5.78. The van der Waals surface area contributed by atoms with Crippen LogP contribution in [-0.4, -0.2) is 63.0 Å². The van der Waals surface area contributed by atoms with E-state index in [2.05, 4.69) is 62.7 Å². The molecule has 1 N–H and O–H groups in total. The van der Waals surface area contributed by atoms with E-state index in [9.17, 15) is 0 Å². The van der Waals surface area contributed by atoms with Crippen molar-refractivity contribution in [2.24, 2.45) is 13.0 Å². The molecule has 9 heteroatoms. The maximum atomic E-state index is 5.78. The van der Waals surface area contributed by atoms with Crippen LogP contribution in [0.1, 0.15) is 30.1 Å². The number of methoxy groups -OCH3 is 1. The summed E-state index contributed by atoms with van der Waals surface area (Å²) in [6, 6.07) is 15.2. The van der Waals surface area contributed by atoms with Crippen molar-refractivity contribution in [3.63, 3.8) is 0 Å². The Kier molecular flexibility index (Phi) is 6.78. The van der Waals surface area contributed by atoms with E-state index in [4.69, 9.17) is 19.4 Å². The van der Waals surface area contributed by atoms with Crippen molar-refractivity contribution >= 4 is 27.8 Å². The Morgan fingerprint density at radius 2 is 1.95 bits per heavy atom. The summed E-state index contributed by atoms with van der Waals surface area (Å²) in [7, 11) is 3.63. The topological polar surface area (TPSA) is 91.9 Å². The van der Waals surface area contributed by atoms with E-state index in [1.807, 2.05) is 31.0 Å². The fraction of sp³-hybridized carbons (Fsp3) is 0.379. The second-order valence-electron chi connectivity index (χ2n) is 9.89. The van der Waals surface area contributed by atoms with Gasteiger partial charge in [0.25, 0.3) is 0 Å². The molecule has 0 aliphatic carbocycles. The van der Waals surface area contributed by atoms with Gasteiger partial charge in [0.05, 0.1) is 40.6 Å². The minimum atomic E-state index is 0.0927. The smallest absolute Gasteiger partial charge is 0.150 e. The fourth-order valence-electron chi connectivity index (χ4n) is 5.84. The summed E-state index contributed by atoms with van der Waals surface area (Å²) in [5.74, 6) is 1.24. The van der Waals surface area contributed by atoms with E-state index in [-0.39, 0.29) is 6.04 Å². The van der Waals surface area contributed by atoms with Crippen LogP contribution in [0.15, 0.2) is 54.9 Å². The van der Waals surface area contributed by atoms with Crippen molar-refractivity contribution in [1.82, 2.24) is 29.5 Å². The first-order valence-corrected chi connectivity index (χ1v) is 13.2. The van der Waals surface area contributed by atoms with Crippen LogP contribution in [0.2, 0.25) is 0 Å². The van der Waals surface area contributed by atoms with E-state index >= 15 is 0 Å². The lowest BCUT2D eigenvalue weighted by molar-refractivity contribution is 0.0553. The molecule has 0 spiro atoms. The number of hydrogen-bond donors (Lipinski definition) is 1. The number of aromatic nitrogens is 6. The minimum Gasteiger partial charge on any atom is -0.383 e. The average molecular weight is 512 g/mol. The minimum absolute atomic E-state index is 0.0927. The summed E-state index contributed by atoms with van der Waals surface area (Å²) in [5, 5.41) is 13.1. The average Bonchev–Trinajstić information content (AvgIpc) is 3.46. The van der Waals surface area contributed by atoms with E-state index in [1.54, 1.807) is 7.11 Å². The number of fused-ring (bicyclic) bond motifs is 3. The molecule has 38 heavy (non-hydrogen) atoms. The molecule has 4 aromatic heterocycles. The first-order chi connectivity index (χ1) is 18.7. The summed E-state index contributed by atoms with van der Waals surface area (Å²) in [5.41, 5.74) is 7.20. The van der Waals surface area contributed by atoms with Crippen molar-refractivity contribution in [3.05, 3.63) is 66.1 Å². The van der Waals surface area contributed by atoms with Gasteiger partial charge in [-0.3, -0.25) is 4.98 Å². The predicted octanol–water partition coefficient (Wildman–Crippen LogP) is 4.76. The number of anilines is 1. The summed E-state index contributed by atoms with van der Waals surface area (Å²) in [6.07, 6.45) is 5.77. The first kappa shape index (κ1) is 24.5. The molecule has 0 unspecified atom stereocenters. The van der Waals surface area contributed by atoms with Crippen molar-refractivity contribution < 1.29 is 9.47 Å². The monoisotopic (exact) mass is 511 g/mol. The third-order valence-corrected chi connectivity index (χ3v) is 7.55. The van der Waals surface area contributed by atoms with Crippen LogP contribution < -0.4 is 5.32 Å². The first-order valence-electron chi connectivity index (χ1n) is 13.2. The van der Waals surface area contributed by atoms with Gasteiger partial charge in [0.2, 0.25) is 0 Å². The molecule has 0 bridgehead atoms.